The number of alkyl halides is 2. The Hall–Kier alpha value is -4.26. The Morgan fingerprint density at radius 1 is 1.35 bits per heavy atom. The van der Waals surface area contributed by atoms with Crippen LogP contribution in [0.1, 0.15) is 39.2 Å². The van der Waals surface area contributed by atoms with Crippen LogP contribution in [0, 0.1) is 23.7 Å². The van der Waals surface area contributed by atoms with Gasteiger partial charge in [0.1, 0.15) is 5.75 Å². The van der Waals surface area contributed by atoms with Crippen LogP contribution in [0.25, 0.3) is 0 Å². The van der Waals surface area contributed by atoms with Gasteiger partial charge < -0.3 is 15.8 Å². The molecule has 1 heterocycles. The topological polar surface area (TPSA) is 130 Å². The number of anilines is 2. The fourth-order valence-corrected chi connectivity index (χ4v) is 3.04. The minimum atomic E-state index is -2.82. The molecule has 0 spiro atoms. The van der Waals surface area contributed by atoms with Gasteiger partial charge in [0, 0.05) is 28.7 Å². The summed E-state index contributed by atoms with van der Waals surface area (Å²) in [5.41, 5.74) is 7.98. The number of carbonyl (C=O) groups is 1. The normalized spacial score (nSPS) is 10.6. The van der Waals surface area contributed by atoms with Crippen molar-refractivity contribution in [1.29, 1.82) is 10.7 Å². The number of hydrogen-bond acceptors (Lipinski definition) is 6. The monoisotopic (exact) mass is 424 g/mol. The lowest BCUT2D eigenvalue weighted by Gasteiger charge is -2.14. The van der Waals surface area contributed by atoms with Gasteiger partial charge >= 0.3 is 6.55 Å². The Balaban J connectivity index is 1.91. The molecule has 8 nitrogen and oxygen atoms in total. The zero-order chi connectivity index (χ0) is 22.7. The number of methoxy groups -OCH3 is 1. The molecule has 2 aromatic carbocycles. The molecular weight excluding hydrogens is 406 g/mol. The molecule has 3 rings (SSSR count). The van der Waals surface area contributed by atoms with Gasteiger partial charge in [0.05, 0.1) is 36.2 Å². The third-order valence-corrected chi connectivity index (χ3v) is 4.55. The number of nitriles is 1. The first-order valence-corrected chi connectivity index (χ1v) is 8.96. The summed E-state index contributed by atoms with van der Waals surface area (Å²) in [6, 6.07) is 9.57. The summed E-state index contributed by atoms with van der Waals surface area (Å²) in [6.07, 6.45) is 2.19. The summed E-state index contributed by atoms with van der Waals surface area (Å²) >= 11 is 0. The van der Waals surface area contributed by atoms with Crippen LogP contribution >= 0.6 is 0 Å². The minimum absolute atomic E-state index is 0.118. The lowest BCUT2D eigenvalue weighted by atomic mass is 10.0. The lowest BCUT2D eigenvalue weighted by Crippen LogP contribution is -2.16. The van der Waals surface area contributed by atoms with E-state index in [0.717, 1.165) is 12.4 Å². The molecule has 0 saturated carbocycles. The van der Waals surface area contributed by atoms with Crippen molar-refractivity contribution < 1.29 is 18.3 Å². The molecule has 0 atom stereocenters. The minimum Gasteiger partial charge on any atom is -0.496 e. The fraction of sp³-hybridized carbons (Fsp3) is 0.143. The highest BCUT2D eigenvalue weighted by Crippen LogP contribution is 2.27. The van der Waals surface area contributed by atoms with Gasteiger partial charge in [-0.25, -0.2) is 4.68 Å². The number of amides is 1. The molecule has 158 valence electrons. The summed E-state index contributed by atoms with van der Waals surface area (Å²) in [4.78, 5) is 12.9. The van der Waals surface area contributed by atoms with Crippen LogP contribution < -0.4 is 15.8 Å². The highest BCUT2D eigenvalue weighted by atomic mass is 19.3. The summed E-state index contributed by atoms with van der Waals surface area (Å²) < 4.78 is 31.2. The molecule has 0 aliphatic carbocycles. The molecule has 10 heteroatoms. The van der Waals surface area contributed by atoms with Gasteiger partial charge in [0.25, 0.3) is 5.91 Å². The van der Waals surface area contributed by atoms with Crippen LogP contribution in [0.3, 0.4) is 0 Å². The van der Waals surface area contributed by atoms with E-state index in [4.69, 9.17) is 21.1 Å². The first-order chi connectivity index (χ1) is 14.7. The molecule has 31 heavy (non-hydrogen) atoms. The van der Waals surface area contributed by atoms with Gasteiger partial charge in [-0.1, -0.05) is 0 Å². The van der Waals surface area contributed by atoms with Gasteiger partial charge in [-0.15, -0.1) is 0 Å². The van der Waals surface area contributed by atoms with Gasteiger partial charge in [0.2, 0.25) is 0 Å². The zero-order valence-corrected chi connectivity index (χ0v) is 16.6. The summed E-state index contributed by atoms with van der Waals surface area (Å²) in [6.45, 7) is -1.14. The van der Waals surface area contributed by atoms with Crippen LogP contribution in [-0.4, -0.2) is 28.5 Å². The zero-order valence-electron chi connectivity index (χ0n) is 16.6. The molecule has 1 aromatic heterocycles. The standard InChI is InChI=1S/C21H18F2N6O2/c1-11-5-12(8-24)6-17(31-2)18(11)20(30)28-14-3-4-16(25)15(7-14)19(26)13-9-27-29(10-13)21(22)23/h3-7,9-10,21,26H,25H2,1-2H3,(H,28,30). The number of halogens is 2. The van der Waals surface area contributed by atoms with E-state index in [9.17, 15) is 13.6 Å². The van der Waals surface area contributed by atoms with Gasteiger partial charge in [-0.2, -0.15) is 19.1 Å². The van der Waals surface area contributed by atoms with Crippen molar-refractivity contribution in [1.82, 2.24) is 9.78 Å². The number of nitrogens with one attached hydrogen (secondary N) is 2. The molecule has 0 unspecified atom stereocenters. The van der Waals surface area contributed by atoms with Gasteiger partial charge in [-0.05, 0) is 42.8 Å². The number of rotatable bonds is 6. The van der Waals surface area contributed by atoms with E-state index < -0.39 is 12.5 Å². The Morgan fingerprint density at radius 2 is 2.10 bits per heavy atom. The van der Waals surface area contributed by atoms with Gasteiger partial charge in [-0.3, -0.25) is 10.2 Å². The fourth-order valence-electron chi connectivity index (χ4n) is 3.04. The van der Waals surface area contributed by atoms with E-state index in [0.29, 0.717) is 21.5 Å². The predicted octanol–water partition coefficient (Wildman–Crippen LogP) is 3.72. The van der Waals surface area contributed by atoms with Crippen LogP contribution in [0.15, 0.2) is 42.7 Å². The van der Waals surface area contributed by atoms with E-state index in [1.54, 1.807) is 19.1 Å². The molecule has 0 bridgehead atoms. The molecule has 0 radical (unpaired) electrons. The highest BCUT2D eigenvalue weighted by molar-refractivity contribution is 6.15. The van der Waals surface area contributed by atoms with E-state index in [-0.39, 0.29) is 33.8 Å². The largest absolute Gasteiger partial charge is 0.496 e. The van der Waals surface area contributed by atoms with Crippen LogP contribution in [-0.2, 0) is 0 Å². The lowest BCUT2D eigenvalue weighted by molar-refractivity contribution is 0.0566. The first kappa shape index (κ1) is 21.4. The number of nitrogen functional groups attached to an aromatic ring is 1. The number of ether oxygens (including phenoxy) is 1. The highest BCUT2D eigenvalue weighted by Gasteiger charge is 2.19. The molecule has 0 saturated heterocycles. The number of nitrogens with two attached hydrogens (primary N) is 1. The van der Waals surface area contributed by atoms with E-state index >= 15 is 0 Å². The molecule has 0 fully saturated rings. The first-order valence-electron chi connectivity index (χ1n) is 8.96. The molecular formula is C21H18F2N6O2. The molecule has 1 amide bonds. The van der Waals surface area contributed by atoms with E-state index in [2.05, 4.69) is 10.4 Å². The second-order valence-corrected chi connectivity index (χ2v) is 6.60. The molecule has 0 aliphatic heterocycles. The number of hydrogen-bond donors (Lipinski definition) is 3. The van der Waals surface area contributed by atoms with E-state index in [1.165, 1.54) is 25.3 Å². The van der Waals surface area contributed by atoms with Crippen LogP contribution in [0.5, 0.6) is 5.75 Å². The average Bonchev–Trinajstić information content (AvgIpc) is 3.24. The Bertz CT molecular complexity index is 1210. The maximum absolute atomic E-state index is 12.9. The van der Waals surface area contributed by atoms with E-state index in [1.807, 2.05) is 6.07 Å². The van der Waals surface area contributed by atoms with Crippen LogP contribution in [0.4, 0.5) is 20.2 Å². The Labute approximate surface area is 176 Å². The van der Waals surface area contributed by atoms with Crippen molar-refractivity contribution in [3.8, 4) is 11.8 Å². The number of aryl methyl sites for hydroxylation is 1. The third kappa shape index (κ3) is 4.35. The van der Waals surface area contributed by atoms with Gasteiger partial charge in [0.15, 0.2) is 0 Å². The summed E-state index contributed by atoms with van der Waals surface area (Å²) in [7, 11) is 1.40. The maximum atomic E-state index is 12.9. The third-order valence-electron chi connectivity index (χ3n) is 4.55. The summed E-state index contributed by atoms with van der Waals surface area (Å²) in [5, 5.41) is 23.6. The molecule has 0 aliphatic rings. The van der Waals surface area contributed by atoms with Crippen molar-refractivity contribution in [2.45, 2.75) is 13.5 Å². The van der Waals surface area contributed by atoms with Crippen molar-refractivity contribution in [2.75, 3.05) is 18.2 Å². The SMILES string of the molecule is COc1cc(C#N)cc(C)c1C(=O)Nc1ccc(N)c(C(=N)c2cnn(C(F)F)c2)c1. The number of carbonyl (C=O) groups excluding carboxylic acids is 1. The van der Waals surface area contributed by atoms with Crippen molar-refractivity contribution in [3.63, 3.8) is 0 Å². The molecule has 4 N–H and O–H groups in total. The van der Waals surface area contributed by atoms with Crippen molar-refractivity contribution >= 4 is 23.0 Å². The second kappa shape index (κ2) is 8.62. The summed E-state index contributed by atoms with van der Waals surface area (Å²) in [5.74, 6) is -0.233. The van der Waals surface area contributed by atoms with Crippen molar-refractivity contribution in [3.05, 3.63) is 70.5 Å². The molecule has 3 aromatic rings. The number of aromatic nitrogens is 2. The predicted molar refractivity (Wildman–Crippen MR) is 111 cm³/mol. The van der Waals surface area contributed by atoms with Crippen LogP contribution in [0.2, 0.25) is 0 Å². The number of benzene rings is 2. The van der Waals surface area contributed by atoms with Crippen molar-refractivity contribution in [2.24, 2.45) is 0 Å². The maximum Gasteiger partial charge on any atom is 0.333 e. The smallest absolute Gasteiger partial charge is 0.333 e. The quantitative estimate of drug-likeness (QED) is 0.410. The Kier molecular flexibility index (Phi) is 5.97. The second-order valence-electron chi connectivity index (χ2n) is 6.60. The number of nitrogens with zero attached hydrogens (tertiary/aromatic N) is 3. The Morgan fingerprint density at radius 3 is 2.71 bits per heavy atom. The average molecular weight is 424 g/mol.